The van der Waals surface area contributed by atoms with Gasteiger partial charge < -0.3 is 29.9 Å². The van der Waals surface area contributed by atoms with Crippen LogP contribution >= 0.6 is 0 Å². The molecule has 0 amide bonds. The molecule has 0 radical (unpaired) electrons. The highest BCUT2D eigenvalue weighted by molar-refractivity contribution is 5.75. The molecule has 7 heteroatoms. The molecule has 7 nitrogen and oxygen atoms in total. The van der Waals surface area contributed by atoms with Crippen molar-refractivity contribution >= 4 is 5.97 Å². The third kappa shape index (κ3) is 2.44. The third-order valence-electron chi connectivity index (χ3n) is 2.11. The fourth-order valence-electron chi connectivity index (χ4n) is 1.28. The lowest BCUT2D eigenvalue weighted by atomic mass is 9.99. The van der Waals surface area contributed by atoms with Crippen LogP contribution in [0.15, 0.2) is 0 Å². The SMILES string of the molecule is CCOC(=O)[C@H]1O[C@@H](O)[C@H](O)[C@@H](O)[C@@H]1O. The maximum Gasteiger partial charge on any atom is 0.338 e. The lowest BCUT2D eigenvalue weighted by molar-refractivity contribution is -0.281. The van der Waals surface area contributed by atoms with Crippen molar-refractivity contribution in [1.29, 1.82) is 0 Å². The van der Waals surface area contributed by atoms with Crippen molar-refractivity contribution in [3.05, 3.63) is 0 Å². The second-order valence-electron chi connectivity index (χ2n) is 3.17. The predicted octanol–water partition coefficient (Wildman–Crippen LogP) is -2.65. The van der Waals surface area contributed by atoms with Gasteiger partial charge in [0.05, 0.1) is 6.61 Å². The number of aliphatic hydroxyl groups is 4. The van der Waals surface area contributed by atoms with E-state index in [1.165, 1.54) is 0 Å². The zero-order valence-corrected chi connectivity index (χ0v) is 8.11. The van der Waals surface area contributed by atoms with E-state index in [9.17, 15) is 15.0 Å². The first-order chi connectivity index (χ1) is 6.99. The van der Waals surface area contributed by atoms with Gasteiger partial charge in [-0.1, -0.05) is 0 Å². The summed E-state index contributed by atoms with van der Waals surface area (Å²) in [6.07, 6.45) is -8.13. The average Bonchev–Trinajstić information content (AvgIpc) is 2.20. The summed E-state index contributed by atoms with van der Waals surface area (Å²) < 4.78 is 9.17. The number of carbonyl (C=O) groups excluding carboxylic acids is 1. The van der Waals surface area contributed by atoms with Gasteiger partial charge in [-0.05, 0) is 6.92 Å². The molecule has 0 bridgehead atoms. The Labute approximate surface area is 85.9 Å². The third-order valence-corrected chi connectivity index (χ3v) is 2.11. The summed E-state index contributed by atoms with van der Waals surface area (Å²) in [5, 5.41) is 36.8. The molecule has 5 atom stereocenters. The summed E-state index contributed by atoms with van der Waals surface area (Å²) in [5.74, 6) is -0.894. The highest BCUT2D eigenvalue weighted by Crippen LogP contribution is 2.20. The average molecular weight is 222 g/mol. The number of aliphatic hydroxyl groups excluding tert-OH is 4. The molecule has 0 aromatic rings. The minimum absolute atomic E-state index is 0.0835. The van der Waals surface area contributed by atoms with Gasteiger partial charge in [-0.3, -0.25) is 0 Å². The van der Waals surface area contributed by atoms with Gasteiger partial charge in [0.25, 0.3) is 0 Å². The molecule has 0 aromatic heterocycles. The fourth-order valence-corrected chi connectivity index (χ4v) is 1.28. The summed E-state index contributed by atoms with van der Waals surface area (Å²) in [7, 11) is 0. The smallest absolute Gasteiger partial charge is 0.338 e. The van der Waals surface area contributed by atoms with E-state index in [1.807, 2.05) is 0 Å². The minimum atomic E-state index is -1.72. The summed E-state index contributed by atoms with van der Waals surface area (Å²) >= 11 is 0. The molecule has 0 aromatic carbocycles. The molecule has 0 spiro atoms. The van der Waals surface area contributed by atoms with Crippen LogP contribution in [0.5, 0.6) is 0 Å². The summed E-state index contributed by atoms with van der Waals surface area (Å²) in [4.78, 5) is 11.2. The molecule has 15 heavy (non-hydrogen) atoms. The molecular weight excluding hydrogens is 208 g/mol. The summed E-state index contributed by atoms with van der Waals surface area (Å²) in [6, 6.07) is 0. The zero-order chi connectivity index (χ0) is 11.6. The summed E-state index contributed by atoms with van der Waals surface area (Å²) in [6.45, 7) is 1.65. The van der Waals surface area contributed by atoms with Crippen LogP contribution in [-0.2, 0) is 14.3 Å². The van der Waals surface area contributed by atoms with Crippen LogP contribution in [0.3, 0.4) is 0 Å². The Hall–Kier alpha value is -0.730. The highest BCUT2D eigenvalue weighted by atomic mass is 16.7. The first-order valence-corrected chi connectivity index (χ1v) is 4.53. The molecule has 1 saturated heterocycles. The Morgan fingerprint density at radius 3 is 2.33 bits per heavy atom. The van der Waals surface area contributed by atoms with Crippen molar-refractivity contribution in [3.63, 3.8) is 0 Å². The van der Waals surface area contributed by atoms with Gasteiger partial charge >= 0.3 is 5.97 Å². The predicted molar refractivity (Wildman–Crippen MR) is 45.5 cm³/mol. The van der Waals surface area contributed by atoms with Crippen LogP contribution in [0.25, 0.3) is 0 Å². The Balaban J connectivity index is 2.70. The van der Waals surface area contributed by atoms with Gasteiger partial charge in [0.15, 0.2) is 12.4 Å². The number of hydrogen-bond donors (Lipinski definition) is 4. The van der Waals surface area contributed by atoms with E-state index in [0.717, 1.165) is 0 Å². The largest absolute Gasteiger partial charge is 0.464 e. The standard InChI is InChI=1S/C8H14O7/c1-2-14-8(13)6-4(10)3(9)5(11)7(12)15-6/h3-7,9-12H,2H2,1H3/t3-,4-,5+,6-,7+/m0/s1. The van der Waals surface area contributed by atoms with Gasteiger partial charge in [-0.25, -0.2) is 4.79 Å². The summed E-state index contributed by atoms with van der Waals surface area (Å²) in [5.41, 5.74) is 0. The normalized spacial score (nSPS) is 41.3. The van der Waals surface area contributed by atoms with E-state index in [4.69, 9.17) is 10.2 Å². The molecular formula is C8H14O7. The minimum Gasteiger partial charge on any atom is -0.464 e. The van der Waals surface area contributed by atoms with Gasteiger partial charge in [-0.15, -0.1) is 0 Å². The van der Waals surface area contributed by atoms with E-state index in [-0.39, 0.29) is 6.61 Å². The number of esters is 1. The Morgan fingerprint density at radius 2 is 1.80 bits per heavy atom. The first-order valence-electron chi connectivity index (χ1n) is 4.53. The second kappa shape index (κ2) is 4.86. The molecule has 1 aliphatic rings. The van der Waals surface area contributed by atoms with Crippen LogP contribution in [0.2, 0.25) is 0 Å². The van der Waals surface area contributed by atoms with Gasteiger partial charge in [0.1, 0.15) is 18.3 Å². The molecule has 1 aliphatic heterocycles. The Bertz CT molecular complexity index is 231. The van der Waals surface area contributed by atoms with Gasteiger partial charge in [0.2, 0.25) is 0 Å². The van der Waals surface area contributed by atoms with E-state index < -0.39 is 36.7 Å². The molecule has 1 heterocycles. The van der Waals surface area contributed by atoms with E-state index >= 15 is 0 Å². The number of hydrogen-bond acceptors (Lipinski definition) is 7. The zero-order valence-electron chi connectivity index (χ0n) is 8.11. The van der Waals surface area contributed by atoms with Crippen molar-refractivity contribution in [2.75, 3.05) is 6.61 Å². The van der Waals surface area contributed by atoms with Crippen LogP contribution in [0, 0.1) is 0 Å². The number of rotatable bonds is 2. The molecule has 0 aliphatic carbocycles. The van der Waals surface area contributed by atoms with Crippen molar-refractivity contribution in [2.45, 2.75) is 37.6 Å². The van der Waals surface area contributed by atoms with Gasteiger partial charge in [0, 0.05) is 0 Å². The molecule has 4 N–H and O–H groups in total. The van der Waals surface area contributed by atoms with E-state index in [0.29, 0.717) is 0 Å². The van der Waals surface area contributed by atoms with Crippen LogP contribution < -0.4 is 0 Å². The van der Waals surface area contributed by atoms with Crippen molar-refractivity contribution < 1.29 is 34.7 Å². The monoisotopic (exact) mass is 222 g/mol. The Morgan fingerprint density at radius 1 is 1.20 bits per heavy atom. The van der Waals surface area contributed by atoms with Crippen LogP contribution in [0.4, 0.5) is 0 Å². The molecule has 88 valence electrons. The Kier molecular flexibility index (Phi) is 4.00. The lowest BCUT2D eigenvalue weighted by Crippen LogP contribution is -2.59. The van der Waals surface area contributed by atoms with Crippen LogP contribution in [-0.4, -0.2) is 63.7 Å². The fraction of sp³-hybridized carbons (Fsp3) is 0.875. The highest BCUT2D eigenvalue weighted by Gasteiger charge is 2.46. The first kappa shape index (κ1) is 12.3. The maximum atomic E-state index is 11.2. The second-order valence-corrected chi connectivity index (χ2v) is 3.17. The quantitative estimate of drug-likeness (QED) is 0.377. The number of ether oxygens (including phenoxy) is 2. The topological polar surface area (TPSA) is 116 Å². The van der Waals surface area contributed by atoms with Crippen molar-refractivity contribution in [2.24, 2.45) is 0 Å². The van der Waals surface area contributed by atoms with Crippen LogP contribution in [0.1, 0.15) is 6.92 Å². The van der Waals surface area contributed by atoms with E-state index in [2.05, 4.69) is 9.47 Å². The van der Waals surface area contributed by atoms with Crippen molar-refractivity contribution in [1.82, 2.24) is 0 Å². The van der Waals surface area contributed by atoms with Gasteiger partial charge in [-0.2, -0.15) is 0 Å². The van der Waals surface area contributed by atoms with E-state index in [1.54, 1.807) is 6.92 Å². The number of carbonyl (C=O) groups is 1. The molecule has 1 rings (SSSR count). The lowest BCUT2D eigenvalue weighted by Gasteiger charge is -2.36. The molecule has 0 unspecified atom stereocenters. The molecule has 0 saturated carbocycles. The maximum absolute atomic E-state index is 11.2. The van der Waals surface area contributed by atoms with Crippen molar-refractivity contribution in [3.8, 4) is 0 Å². The molecule has 1 fully saturated rings.